The van der Waals surface area contributed by atoms with Crippen LogP contribution in [0, 0.1) is 6.92 Å². The molecule has 0 aliphatic rings. The highest BCUT2D eigenvalue weighted by Crippen LogP contribution is 2.13. The third kappa shape index (κ3) is 3.10. The van der Waals surface area contributed by atoms with E-state index in [9.17, 15) is 9.90 Å². The quantitative estimate of drug-likeness (QED) is 0.676. The van der Waals surface area contributed by atoms with Crippen LogP contribution in [0.25, 0.3) is 6.08 Å². The van der Waals surface area contributed by atoms with Crippen molar-refractivity contribution in [2.45, 2.75) is 20.4 Å². The Balaban J connectivity index is 2.18. The van der Waals surface area contributed by atoms with Gasteiger partial charge in [-0.25, -0.2) is 0 Å². The van der Waals surface area contributed by atoms with E-state index in [2.05, 4.69) is 5.10 Å². The van der Waals surface area contributed by atoms with Crippen LogP contribution in [0.4, 0.5) is 0 Å². The Hall–Kier alpha value is -2.36. The highest BCUT2D eigenvalue weighted by atomic mass is 16.3. The Labute approximate surface area is 112 Å². The first-order chi connectivity index (χ1) is 9.10. The Bertz CT molecular complexity index is 627. The summed E-state index contributed by atoms with van der Waals surface area (Å²) in [6, 6.07) is 6.32. The highest BCUT2D eigenvalue weighted by Gasteiger charge is 2.04. The molecule has 1 heterocycles. The van der Waals surface area contributed by atoms with Crippen LogP contribution in [-0.2, 0) is 6.54 Å². The van der Waals surface area contributed by atoms with E-state index in [1.807, 2.05) is 24.7 Å². The van der Waals surface area contributed by atoms with Gasteiger partial charge in [0.25, 0.3) is 0 Å². The van der Waals surface area contributed by atoms with Crippen molar-refractivity contribution in [3.8, 4) is 5.75 Å². The van der Waals surface area contributed by atoms with Crippen LogP contribution < -0.4 is 0 Å². The molecule has 0 spiro atoms. The number of ketones is 1. The van der Waals surface area contributed by atoms with E-state index in [4.69, 9.17) is 0 Å². The molecule has 1 aromatic carbocycles. The lowest BCUT2D eigenvalue weighted by atomic mass is 10.1. The minimum absolute atomic E-state index is 0.0919. The minimum atomic E-state index is -0.139. The largest absolute Gasteiger partial charge is 0.508 e. The molecular formula is C15H16N2O2. The lowest BCUT2D eigenvalue weighted by molar-refractivity contribution is 0.104. The molecule has 4 heteroatoms. The van der Waals surface area contributed by atoms with Crippen LogP contribution in [0.15, 0.2) is 36.5 Å². The molecule has 0 atom stereocenters. The molecule has 4 nitrogen and oxygen atoms in total. The van der Waals surface area contributed by atoms with Gasteiger partial charge in [-0.2, -0.15) is 5.10 Å². The summed E-state index contributed by atoms with van der Waals surface area (Å²) in [5.74, 6) is -0.0474. The van der Waals surface area contributed by atoms with E-state index in [1.54, 1.807) is 18.2 Å². The number of hydrogen-bond donors (Lipinski definition) is 1. The van der Waals surface area contributed by atoms with E-state index in [0.717, 1.165) is 17.8 Å². The maximum atomic E-state index is 11.9. The first-order valence-electron chi connectivity index (χ1n) is 6.15. The van der Waals surface area contributed by atoms with Gasteiger partial charge in [0.2, 0.25) is 0 Å². The van der Waals surface area contributed by atoms with Gasteiger partial charge in [0.1, 0.15) is 5.75 Å². The van der Waals surface area contributed by atoms with Gasteiger partial charge in [-0.15, -0.1) is 0 Å². The summed E-state index contributed by atoms with van der Waals surface area (Å²) in [7, 11) is 0. The average molecular weight is 256 g/mol. The molecule has 2 rings (SSSR count). The summed E-state index contributed by atoms with van der Waals surface area (Å²) in [5, 5.41) is 13.6. The molecule has 0 radical (unpaired) electrons. The van der Waals surface area contributed by atoms with Crippen LogP contribution >= 0.6 is 0 Å². The predicted octanol–water partition coefficient (Wildman–Crippen LogP) is 2.81. The van der Waals surface area contributed by atoms with Crippen molar-refractivity contribution in [1.82, 2.24) is 9.78 Å². The van der Waals surface area contributed by atoms with Gasteiger partial charge in [0, 0.05) is 23.9 Å². The fourth-order valence-electron chi connectivity index (χ4n) is 1.78. The molecule has 0 aliphatic heterocycles. The van der Waals surface area contributed by atoms with Gasteiger partial charge in [-0.05, 0) is 38.1 Å². The van der Waals surface area contributed by atoms with Crippen molar-refractivity contribution >= 4 is 11.9 Å². The summed E-state index contributed by atoms with van der Waals surface area (Å²) in [6.07, 6.45) is 5.15. The second kappa shape index (κ2) is 5.52. The number of phenols is 1. The Morgan fingerprint density at radius 2 is 2.26 bits per heavy atom. The molecule has 0 amide bonds. The van der Waals surface area contributed by atoms with Crippen molar-refractivity contribution in [2.24, 2.45) is 0 Å². The number of carbonyl (C=O) groups is 1. The number of carbonyl (C=O) groups excluding carboxylic acids is 1. The fourth-order valence-corrected chi connectivity index (χ4v) is 1.78. The van der Waals surface area contributed by atoms with Gasteiger partial charge in [0.15, 0.2) is 5.78 Å². The third-order valence-electron chi connectivity index (χ3n) is 2.85. The van der Waals surface area contributed by atoms with Crippen molar-refractivity contribution in [3.63, 3.8) is 0 Å². The SMILES string of the molecule is CCn1cc(/C=C/C(=O)c2cccc(O)c2)c(C)n1. The Morgan fingerprint density at radius 3 is 2.89 bits per heavy atom. The molecule has 0 unspecified atom stereocenters. The van der Waals surface area contributed by atoms with E-state index in [0.29, 0.717) is 5.56 Å². The van der Waals surface area contributed by atoms with E-state index in [1.165, 1.54) is 18.2 Å². The normalized spacial score (nSPS) is 11.1. The number of phenolic OH excluding ortho intramolecular Hbond substituents is 1. The molecule has 1 N–H and O–H groups in total. The molecule has 0 aliphatic carbocycles. The van der Waals surface area contributed by atoms with Crippen molar-refractivity contribution < 1.29 is 9.90 Å². The number of aryl methyl sites for hydroxylation is 2. The average Bonchev–Trinajstić information content (AvgIpc) is 2.76. The molecule has 0 saturated heterocycles. The van der Waals surface area contributed by atoms with Crippen LogP contribution in [0.1, 0.15) is 28.5 Å². The molecule has 98 valence electrons. The number of aromatic hydroxyl groups is 1. The van der Waals surface area contributed by atoms with E-state index < -0.39 is 0 Å². The zero-order valence-corrected chi connectivity index (χ0v) is 11.0. The zero-order chi connectivity index (χ0) is 13.8. The predicted molar refractivity (Wildman–Crippen MR) is 74.1 cm³/mol. The van der Waals surface area contributed by atoms with E-state index in [-0.39, 0.29) is 11.5 Å². The van der Waals surface area contributed by atoms with Crippen LogP contribution in [-0.4, -0.2) is 20.7 Å². The van der Waals surface area contributed by atoms with Crippen LogP contribution in [0.3, 0.4) is 0 Å². The van der Waals surface area contributed by atoms with Gasteiger partial charge >= 0.3 is 0 Å². The summed E-state index contributed by atoms with van der Waals surface area (Å²) >= 11 is 0. The van der Waals surface area contributed by atoms with Gasteiger partial charge in [-0.1, -0.05) is 12.1 Å². The first kappa shape index (κ1) is 13.1. The summed E-state index contributed by atoms with van der Waals surface area (Å²) in [6.45, 7) is 4.72. The molecule has 1 aromatic heterocycles. The molecular weight excluding hydrogens is 240 g/mol. The number of aromatic nitrogens is 2. The molecule has 0 bridgehead atoms. The van der Waals surface area contributed by atoms with Crippen LogP contribution in [0.5, 0.6) is 5.75 Å². The molecule has 0 saturated carbocycles. The third-order valence-corrected chi connectivity index (χ3v) is 2.85. The highest BCUT2D eigenvalue weighted by molar-refractivity contribution is 6.07. The second-order valence-electron chi connectivity index (χ2n) is 4.27. The second-order valence-corrected chi connectivity index (χ2v) is 4.27. The van der Waals surface area contributed by atoms with E-state index >= 15 is 0 Å². The summed E-state index contributed by atoms with van der Waals surface area (Å²) in [5.41, 5.74) is 2.29. The van der Waals surface area contributed by atoms with Gasteiger partial charge in [-0.3, -0.25) is 9.48 Å². The summed E-state index contributed by atoms with van der Waals surface area (Å²) in [4.78, 5) is 11.9. The standard InChI is InChI=1S/C15H16N2O2/c1-3-17-10-13(11(2)16-17)7-8-15(19)12-5-4-6-14(18)9-12/h4-10,18H,3H2,1-2H3/b8-7+. The van der Waals surface area contributed by atoms with Gasteiger partial charge < -0.3 is 5.11 Å². The Kier molecular flexibility index (Phi) is 3.80. The fraction of sp³-hybridized carbons (Fsp3) is 0.200. The zero-order valence-electron chi connectivity index (χ0n) is 11.0. The number of nitrogens with zero attached hydrogens (tertiary/aromatic N) is 2. The first-order valence-corrected chi connectivity index (χ1v) is 6.15. The monoisotopic (exact) mass is 256 g/mol. The van der Waals surface area contributed by atoms with Crippen LogP contribution in [0.2, 0.25) is 0 Å². The number of allylic oxidation sites excluding steroid dienone is 1. The molecule has 2 aromatic rings. The topological polar surface area (TPSA) is 55.1 Å². The van der Waals surface area contributed by atoms with Crippen molar-refractivity contribution in [1.29, 1.82) is 0 Å². The molecule has 0 fully saturated rings. The lowest BCUT2D eigenvalue weighted by Gasteiger charge is -1.96. The number of benzene rings is 1. The molecule has 19 heavy (non-hydrogen) atoms. The minimum Gasteiger partial charge on any atom is -0.508 e. The number of hydrogen-bond acceptors (Lipinski definition) is 3. The van der Waals surface area contributed by atoms with Crippen molar-refractivity contribution in [3.05, 3.63) is 53.4 Å². The lowest BCUT2D eigenvalue weighted by Crippen LogP contribution is -1.93. The summed E-state index contributed by atoms with van der Waals surface area (Å²) < 4.78 is 1.83. The van der Waals surface area contributed by atoms with Gasteiger partial charge in [0.05, 0.1) is 5.69 Å². The smallest absolute Gasteiger partial charge is 0.185 e. The Morgan fingerprint density at radius 1 is 1.47 bits per heavy atom. The van der Waals surface area contributed by atoms with Crippen molar-refractivity contribution in [2.75, 3.05) is 0 Å². The number of rotatable bonds is 4. The maximum Gasteiger partial charge on any atom is 0.185 e. The maximum absolute atomic E-state index is 11.9.